The van der Waals surface area contributed by atoms with Gasteiger partial charge in [-0.1, -0.05) is 29.8 Å². The Bertz CT molecular complexity index is 1090. The Labute approximate surface area is 185 Å². The molecule has 6 nitrogen and oxygen atoms in total. The summed E-state index contributed by atoms with van der Waals surface area (Å²) >= 11 is 7.58. The van der Waals surface area contributed by atoms with Crippen LogP contribution in [-0.2, 0) is 20.6 Å². The molecule has 0 spiro atoms. The van der Waals surface area contributed by atoms with Gasteiger partial charge in [0.15, 0.2) is 0 Å². The highest BCUT2D eigenvalue weighted by atomic mass is 35.5. The molecule has 0 aliphatic rings. The lowest BCUT2D eigenvalue weighted by molar-refractivity contribution is -0.113. The minimum absolute atomic E-state index is 0.0520. The quantitative estimate of drug-likeness (QED) is 0.481. The van der Waals surface area contributed by atoms with Gasteiger partial charge in [0, 0.05) is 6.54 Å². The third-order valence-electron chi connectivity index (χ3n) is 4.19. The van der Waals surface area contributed by atoms with Crippen LogP contribution >= 0.6 is 23.4 Å². The van der Waals surface area contributed by atoms with Gasteiger partial charge in [0.1, 0.15) is 5.76 Å². The number of amides is 1. The second-order valence-corrected chi connectivity index (χ2v) is 9.52. The molecule has 1 amide bonds. The van der Waals surface area contributed by atoms with Crippen molar-refractivity contribution in [3.8, 4) is 0 Å². The zero-order chi connectivity index (χ0) is 21.6. The van der Waals surface area contributed by atoms with Gasteiger partial charge in [-0.2, -0.15) is 0 Å². The summed E-state index contributed by atoms with van der Waals surface area (Å²) in [6.07, 6.45) is 1.58. The molecule has 3 aromatic rings. The van der Waals surface area contributed by atoms with Crippen LogP contribution in [0.2, 0.25) is 5.02 Å². The monoisotopic (exact) mass is 464 g/mol. The predicted molar refractivity (Wildman–Crippen MR) is 122 cm³/mol. The Hall–Kier alpha value is -2.42. The van der Waals surface area contributed by atoms with Gasteiger partial charge in [0.2, 0.25) is 5.91 Å². The van der Waals surface area contributed by atoms with Crippen molar-refractivity contribution in [1.82, 2.24) is 0 Å². The van der Waals surface area contributed by atoms with Gasteiger partial charge < -0.3 is 9.73 Å². The van der Waals surface area contributed by atoms with Crippen molar-refractivity contribution in [1.29, 1.82) is 0 Å². The highest BCUT2D eigenvalue weighted by molar-refractivity contribution is 7.99. The van der Waals surface area contributed by atoms with Gasteiger partial charge in [-0.15, -0.1) is 11.8 Å². The van der Waals surface area contributed by atoms with E-state index in [4.69, 9.17) is 16.0 Å². The van der Waals surface area contributed by atoms with Crippen LogP contribution in [0.1, 0.15) is 12.7 Å². The zero-order valence-electron chi connectivity index (χ0n) is 16.2. The first kappa shape index (κ1) is 22.3. The van der Waals surface area contributed by atoms with Crippen LogP contribution in [0.3, 0.4) is 0 Å². The van der Waals surface area contributed by atoms with Gasteiger partial charge >= 0.3 is 0 Å². The maximum absolute atomic E-state index is 13.2. The number of rotatable bonds is 9. The molecule has 3 rings (SSSR count). The van der Waals surface area contributed by atoms with Crippen LogP contribution in [0.4, 0.5) is 11.4 Å². The summed E-state index contributed by atoms with van der Waals surface area (Å²) < 4.78 is 32.9. The van der Waals surface area contributed by atoms with E-state index in [9.17, 15) is 13.2 Å². The van der Waals surface area contributed by atoms with Crippen molar-refractivity contribution in [2.75, 3.05) is 21.9 Å². The molecule has 0 saturated carbocycles. The number of benzene rings is 2. The summed E-state index contributed by atoms with van der Waals surface area (Å²) in [5, 5.41) is 2.96. The Morgan fingerprint density at radius 3 is 2.57 bits per heavy atom. The molecular formula is C21H21ClN2O4S2. The lowest BCUT2D eigenvalue weighted by Crippen LogP contribution is -2.30. The molecule has 1 heterocycles. The number of thioether (sulfide) groups is 1. The van der Waals surface area contributed by atoms with Crippen LogP contribution in [-0.4, -0.2) is 26.6 Å². The van der Waals surface area contributed by atoms with Crippen molar-refractivity contribution in [3.63, 3.8) is 0 Å². The third kappa shape index (κ3) is 5.38. The third-order valence-corrected chi connectivity index (χ3v) is 7.37. The molecule has 0 bridgehead atoms. The van der Waals surface area contributed by atoms with E-state index >= 15 is 0 Å². The molecule has 0 saturated heterocycles. The predicted octanol–water partition coefficient (Wildman–Crippen LogP) is 5.02. The van der Waals surface area contributed by atoms with Crippen molar-refractivity contribution in [3.05, 3.63) is 77.7 Å². The summed E-state index contributed by atoms with van der Waals surface area (Å²) in [4.78, 5) is 12.3. The van der Waals surface area contributed by atoms with E-state index in [0.29, 0.717) is 11.4 Å². The average Bonchev–Trinajstić information content (AvgIpc) is 3.24. The average molecular weight is 465 g/mol. The van der Waals surface area contributed by atoms with Crippen LogP contribution in [0.25, 0.3) is 0 Å². The molecule has 9 heteroatoms. The Morgan fingerprint density at radius 2 is 1.90 bits per heavy atom. The second kappa shape index (κ2) is 10.1. The van der Waals surface area contributed by atoms with Crippen LogP contribution in [0, 0.1) is 0 Å². The first-order valence-corrected chi connectivity index (χ1v) is 12.2. The molecule has 0 unspecified atom stereocenters. The van der Waals surface area contributed by atoms with Crippen molar-refractivity contribution in [2.24, 2.45) is 0 Å². The summed E-state index contributed by atoms with van der Waals surface area (Å²) in [5.41, 5.74) is 0.820. The molecule has 30 heavy (non-hydrogen) atoms. The molecule has 2 aromatic carbocycles. The number of hydrogen-bond donors (Lipinski definition) is 1. The smallest absolute Gasteiger partial charge is 0.264 e. The van der Waals surface area contributed by atoms with Crippen LogP contribution < -0.4 is 9.62 Å². The molecule has 0 radical (unpaired) electrons. The fraction of sp³-hybridized carbons (Fsp3) is 0.190. The maximum Gasteiger partial charge on any atom is 0.264 e. The molecule has 0 aliphatic heterocycles. The van der Waals surface area contributed by atoms with Gasteiger partial charge in [-0.05, 0) is 49.4 Å². The number of anilines is 2. The van der Waals surface area contributed by atoms with Crippen LogP contribution in [0.15, 0.2) is 76.2 Å². The number of furan rings is 1. The normalized spacial score (nSPS) is 11.3. The lowest BCUT2D eigenvalue weighted by Gasteiger charge is -2.23. The van der Waals surface area contributed by atoms with E-state index < -0.39 is 10.0 Å². The van der Waals surface area contributed by atoms with Crippen molar-refractivity contribution >= 4 is 50.7 Å². The Kier molecular flexibility index (Phi) is 7.47. The number of carbonyl (C=O) groups excluding carboxylic acids is 1. The number of para-hydroxylation sites is 1. The largest absolute Gasteiger partial charge is 0.468 e. The summed E-state index contributed by atoms with van der Waals surface area (Å²) in [6.45, 7) is 2.03. The summed E-state index contributed by atoms with van der Waals surface area (Å²) in [6, 6.07) is 16.8. The van der Waals surface area contributed by atoms with E-state index in [1.807, 2.05) is 12.1 Å². The number of carbonyl (C=O) groups is 1. The second-order valence-electron chi connectivity index (χ2n) is 6.27. The number of hydrogen-bond acceptors (Lipinski definition) is 5. The van der Waals surface area contributed by atoms with Crippen molar-refractivity contribution in [2.45, 2.75) is 17.6 Å². The van der Waals surface area contributed by atoms with Gasteiger partial charge in [0.05, 0.1) is 39.1 Å². The number of nitrogens with zero attached hydrogens (tertiary/aromatic N) is 1. The summed E-state index contributed by atoms with van der Waals surface area (Å²) in [5.74, 6) is 1.24. The highest BCUT2D eigenvalue weighted by Crippen LogP contribution is 2.29. The first-order chi connectivity index (χ1) is 14.4. The van der Waals surface area contributed by atoms with E-state index in [0.717, 1.165) is 5.76 Å². The van der Waals surface area contributed by atoms with E-state index in [1.165, 1.54) is 34.3 Å². The Morgan fingerprint density at radius 1 is 1.13 bits per heavy atom. The molecule has 0 aliphatic carbocycles. The van der Waals surface area contributed by atoms with E-state index in [1.54, 1.807) is 43.5 Å². The minimum Gasteiger partial charge on any atom is -0.468 e. The summed E-state index contributed by atoms with van der Waals surface area (Å²) in [7, 11) is -3.82. The van der Waals surface area contributed by atoms with Crippen LogP contribution in [0.5, 0.6) is 0 Å². The van der Waals surface area contributed by atoms with Gasteiger partial charge in [-0.3, -0.25) is 9.10 Å². The number of halogens is 1. The highest BCUT2D eigenvalue weighted by Gasteiger charge is 2.24. The zero-order valence-corrected chi connectivity index (χ0v) is 18.6. The molecule has 0 fully saturated rings. The Balaban J connectivity index is 1.74. The molecule has 1 N–H and O–H groups in total. The maximum atomic E-state index is 13.2. The fourth-order valence-corrected chi connectivity index (χ4v) is 5.19. The molecular weight excluding hydrogens is 444 g/mol. The number of nitrogens with one attached hydrogen (secondary N) is 1. The first-order valence-electron chi connectivity index (χ1n) is 9.19. The van der Waals surface area contributed by atoms with E-state index in [-0.39, 0.29) is 33.8 Å². The molecule has 1 aromatic heterocycles. The number of sulfonamides is 1. The van der Waals surface area contributed by atoms with Crippen molar-refractivity contribution < 1.29 is 17.6 Å². The van der Waals surface area contributed by atoms with E-state index in [2.05, 4.69) is 5.32 Å². The topological polar surface area (TPSA) is 79.6 Å². The standard InChI is InChI=1S/C21H21ClN2O4S2/c1-2-24(16-7-4-3-5-8-16)30(26,27)18-10-11-19(22)20(13-18)23-21(25)15-29-14-17-9-6-12-28-17/h3-13H,2,14-15H2,1H3,(H,23,25). The van der Waals surface area contributed by atoms with Gasteiger partial charge in [0.25, 0.3) is 10.0 Å². The molecule has 0 atom stereocenters. The van der Waals surface area contributed by atoms with Gasteiger partial charge in [-0.25, -0.2) is 8.42 Å². The lowest BCUT2D eigenvalue weighted by atomic mass is 10.3. The fourth-order valence-electron chi connectivity index (χ4n) is 2.80. The SMILES string of the molecule is CCN(c1ccccc1)S(=O)(=O)c1ccc(Cl)c(NC(=O)CSCc2ccco2)c1. The minimum atomic E-state index is -3.82. The molecule has 158 valence electrons.